The highest BCUT2D eigenvalue weighted by atomic mass is 32.2. The Bertz CT molecular complexity index is 559. The summed E-state index contributed by atoms with van der Waals surface area (Å²) in [7, 11) is -2.74. The van der Waals surface area contributed by atoms with Crippen LogP contribution in [0.1, 0.15) is 12.0 Å². The molecule has 0 heterocycles. The Hall–Kier alpha value is -1.32. The molecular formula is C11H15F3N2O3S. The molecule has 0 spiro atoms. The van der Waals surface area contributed by atoms with Crippen LogP contribution in [-0.2, 0) is 20.9 Å². The van der Waals surface area contributed by atoms with Crippen LogP contribution >= 0.6 is 0 Å². The van der Waals surface area contributed by atoms with Crippen LogP contribution in [0.4, 0.5) is 18.9 Å². The van der Waals surface area contributed by atoms with Gasteiger partial charge in [0.1, 0.15) is 4.90 Å². The fourth-order valence-electron chi connectivity index (χ4n) is 1.52. The van der Waals surface area contributed by atoms with Crippen molar-refractivity contribution in [2.45, 2.75) is 17.5 Å². The van der Waals surface area contributed by atoms with Gasteiger partial charge in [-0.1, -0.05) is 0 Å². The third-order valence-electron chi connectivity index (χ3n) is 2.46. The van der Waals surface area contributed by atoms with Crippen LogP contribution in [0.25, 0.3) is 0 Å². The standard InChI is InChI=1S/C11H15F3N2O3S/c1-19-6-2-5-16-9-4-3-8(11(12,13)14)7-10(9)20(15,17)18/h3-4,7,16H,2,5-6H2,1H3,(H2,15,17,18). The Morgan fingerprint density at radius 1 is 1.35 bits per heavy atom. The molecule has 0 aliphatic carbocycles. The maximum Gasteiger partial charge on any atom is 0.416 e. The fraction of sp³-hybridized carbons (Fsp3) is 0.455. The smallest absolute Gasteiger partial charge is 0.385 e. The van der Waals surface area contributed by atoms with E-state index in [1.54, 1.807) is 0 Å². The molecule has 1 rings (SSSR count). The van der Waals surface area contributed by atoms with E-state index in [-0.39, 0.29) is 5.69 Å². The summed E-state index contributed by atoms with van der Waals surface area (Å²) in [5.41, 5.74) is -1.03. The van der Waals surface area contributed by atoms with Gasteiger partial charge in [0.15, 0.2) is 0 Å². The number of rotatable bonds is 6. The average Bonchev–Trinajstić information content (AvgIpc) is 2.32. The molecule has 0 unspecified atom stereocenters. The minimum absolute atomic E-state index is 0.0385. The average molecular weight is 312 g/mol. The first-order valence-corrected chi connectivity index (χ1v) is 7.17. The van der Waals surface area contributed by atoms with Crippen molar-refractivity contribution in [1.29, 1.82) is 0 Å². The van der Waals surface area contributed by atoms with E-state index in [0.717, 1.165) is 12.1 Å². The van der Waals surface area contributed by atoms with Gasteiger partial charge in [-0.25, -0.2) is 13.6 Å². The van der Waals surface area contributed by atoms with Gasteiger partial charge < -0.3 is 10.1 Å². The van der Waals surface area contributed by atoms with E-state index in [1.165, 1.54) is 7.11 Å². The maximum absolute atomic E-state index is 12.6. The molecule has 0 radical (unpaired) electrons. The summed E-state index contributed by atoms with van der Waals surface area (Å²) in [6.45, 7) is 0.792. The predicted octanol–water partition coefficient (Wildman–Crippen LogP) is 1.80. The summed E-state index contributed by atoms with van der Waals surface area (Å²) < 4.78 is 65.2. The Morgan fingerprint density at radius 2 is 2.00 bits per heavy atom. The predicted molar refractivity (Wildman–Crippen MR) is 67.8 cm³/mol. The molecule has 0 saturated heterocycles. The van der Waals surface area contributed by atoms with Crippen LogP contribution in [0.2, 0.25) is 0 Å². The number of alkyl halides is 3. The molecule has 3 N–H and O–H groups in total. The molecule has 0 aliphatic rings. The lowest BCUT2D eigenvalue weighted by Crippen LogP contribution is -2.17. The molecule has 1 aromatic rings. The SMILES string of the molecule is COCCCNc1ccc(C(F)(F)F)cc1S(N)(=O)=O. The lowest BCUT2D eigenvalue weighted by molar-refractivity contribution is -0.137. The first-order chi connectivity index (χ1) is 9.16. The van der Waals surface area contributed by atoms with Crippen molar-refractivity contribution in [2.75, 3.05) is 25.6 Å². The van der Waals surface area contributed by atoms with Gasteiger partial charge in [0.05, 0.1) is 11.3 Å². The van der Waals surface area contributed by atoms with E-state index >= 15 is 0 Å². The van der Waals surface area contributed by atoms with E-state index in [0.29, 0.717) is 25.6 Å². The molecule has 5 nitrogen and oxygen atoms in total. The van der Waals surface area contributed by atoms with Crippen LogP contribution < -0.4 is 10.5 Å². The number of anilines is 1. The molecule has 0 amide bonds. The van der Waals surface area contributed by atoms with Crippen LogP contribution in [0, 0.1) is 0 Å². The highest BCUT2D eigenvalue weighted by molar-refractivity contribution is 7.89. The minimum atomic E-state index is -4.63. The number of methoxy groups -OCH3 is 1. The highest BCUT2D eigenvalue weighted by Gasteiger charge is 2.32. The summed E-state index contributed by atoms with van der Waals surface area (Å²) in [4.78, 5) is -0.579. The monoisotopic (exact) mass is 312 g/mol. The largest absolute Gasteiger partial charge is 0.416 e. The van der Waals surface area contributed by atoms with Gasteiger partial charge in [-0.05, 0) is 24.6 Å². The lowest BCUT2D eigenvalue weighted by Gasteiger charge is -2.13. The second kappa shape index (κ2) is 6.42. The Morgan fingerprint density at radius 3 is 2.50 bits per heavy atom. The second-order valence-electron chi connectivity index (χ2n) is 4.03. The lowest BCUT2D eigenvalue weighted by atomic mass is 10.2. The molecule has 0 atom stereocenters. The zero-order valence-electron chi connectivity index (χ0n) is 10.7. The molecule has 0 saturated carbocycles. The van der Waals surface area contributed by atoms with Gasteiger partial charge in [0, 0.05) is 20.3 Å². The number of hydrogen-bond donors (Lipinski definition) is 2. The van der Waals surface area contributed by atoms with Gasteiger partial charge in [0.25, 0.3) is 0 Å². The van der Waals surface area contributed by atoms with Crippen molar-refractivity contribution in [1.82, 2.24) is 0 Å². The quantitative estimate of drug-likeness (QED) is 0.785. The van der Waals surface area contributed by atoms with E-state index < -0.39 is 26.7 Å². The molecule has 0 fully saturated rings. The molecule has 0 aliphatic heterocycles. The third-order valence-corrected chi connectivity index (χ3v) is 3.41. The van der Waals surface area contributed by atoms with Crippen molar-refractivity contribution >= 4 is 15.7 Å². The number of benzene rings is 1. The van der Waals surface area contributed by atoms with Gasteiger partial charge in [-0.15, -0.1) is 0 Å². The number of nitrogens with two attached hydrogens (primary N) is 1. The van der Waals surface area contributed by atoms with Gasteiger partial charge in [-0.3, -0.25) is 0 Å². The summed E-state index contributed by atoms with van der Waals surface area (Å²) in [6, 6.07) is 2.37. The van der Waals surface area contributed by atoms with Gasteiger partial charge >= 0.3 is 6.18 Å². The van der Waals surface area contributed by atoms with Crippen LogP contribution in [0.3, 0.4) is 0 Å². The van der Waals surface area contributed by atoms with Crippen molar-refractivity contribution in [3.05, 3.63) is 23.8 Å². The Labute approximate surface area is 115 Å². The second-order valence-corrected chi connectivity index (χ2v) is 5.56. The number of primary sulfonamides is 1. The molecule has 114 valence electrons. The van der Waals surface area contributed by atoms with E-state index in [1.807, 2.05) is 0 Å². The number of nitrogens with one attached hydrogen (secondary N) is 1. The number of ether oxygens (including phenoxy) is 1. The van der Waals surface area contributed by atoms with Crippen LogP contribution in [-0.4, -0.2) is 28.7 Å². The molecule has 9 heteroatoms. The first-order valence-electron chi connectivity index (χ1n) is 5.63. The summed E-state index contributed by atoms with van der Waals surface area (Å²) in [5, 5.41) is 7.67. The van der Waals surface area contributed by atoms with Crippen molar-refractivity contribution < 1.29 is 26.3 Å². The zero-order valence-corrected chi connectivity index (χ0v) is 11.5. The number of hydrogen-bond acceptors (Lipinski definition) is 4. The molecule has 0 bridgehead atoms. The van der Waals surface area contributed by atoms with Crippen LogP contribution in [0.15, 0.2) is 23.1 Å². The Kier molecular flexibility index (Phi) is 5.37. The zero-order chi connectivity index (χ0) is 15.4. The van der Waals surface area contributed by atoms with E-state index in [9.17, 15) is 21.6 Å². The summed E-state index contributed by atoms with van der Waals surface area (Å²) >= 11 is 0. The van der Waals surface area contributed by atoms with Crippen molar-refractivity contribution in [3.8, 4) is 0 Å². The van der Waals surface area contributed by atoms with Gasteiger partial charge in [-0.2, -0.15) is 13.2 Å². The van der Waals surface area contributed by atoms with Crippen molar-refractivity contribution in [2.24, 2.45) is 5.14 Å². The topological polar surface area (TPSA) is 81.4 Å². The highest BCUT2D eigenvalue weighted by Crippen LogP contribution is 2.33. The molecular weight excluding hydrogens is 297 g/mol. The van der Waals surface area contributed by atoms with E-state index in [4.69, 9.17) is 9.88 Å². The number of sulfonamides is 1. The molecule has 0 aromatic heterocycles. The maximum atomic E-state index is 12.6. The first kappa shape index (κ1) is 16.7. The molecule has 1 aromatic carbocycles. The number of halogens is 3. The summed E-state index contributed by atoms with van der Waals surface area (Å²) in [5.74, 6) is 0. The minimum Gasteiger partial charge on any atom is -0.385 e. The van der Waals surface area contributed by atoms with Gasteiger partial charge in [0.2, 0.25) is 10.0 Å². The van der Waals surface area contributed by atoms with Crippen LogP contribution in [0.5, 0.6) is 0 Å². The normalized spacial score (nSPS) is 12.4. The van der Waals surface area contributed by atoms with Crippen molar-refractivity contribution in [3.63, 3.8) is 0 Å². The Balaban J connectivity index is 3.06. The van der Waals surface area contributed by atoms with E-state index in [2.05, 4.69) is 5.32 Å². The molecule has 20 heavy (non-hydrogen) atoms. The third kappa shape index (κ3) is 4.66. The summed E-state index contributed by atoms with van der Waals surface area (Å²) in [6.07, 6.45) is -4.06. The fourth-order valence-corrected chi connectivity index (χ4v) is 2.26.